The lowest BCUT2D eigenvalue weighted by molar-refractivity contribution is 0.102. The van der Waals surface area contributed by atoms with Gasteiger partial charge in [-0.1, -0.05) is 11.6 Å². The van der Waals surface area contributed by atoms with Crippen molar-refractivity contribution in [3.63, 3.8) is 0 Å². The molecule has 2 aromatic rings. The van der Waals surface area contributed by atoms with E-state index in [2.05, 4.69) is 37.2 Å². The molecule has 0 spiro atoms. The molecule has 0 saturated carbocycles. The fourth-order valence-corrected chi connectivity index (χ4v) is 2.75. The minimum atomic E-state index is -0.473. The van der Waals surface area contributed by atoms with Crippen molar-refractivity contribution in [1.82, 2.24) is 0 Å². The zero-order valence-electron chi connectivity index (χ0n) is 10.3. The lowest BCUT2D eigenvalue weighted by Crippen LogP contribution is -2.13. The van der Waals surface area contributed by atoms with Crippen LogP contribution in [0.25, 0.3) is 0 Å². The number of nitrogens with one attached hydrogen (secondary N) is 1. The maximum atomic E-state index is 13.2. The van der Waals surface area contributed by atoms with Crippen molar-refractivity contribution < 1.29 is 9.18 Å². The van der Waals surface area contributed by atoms with Crippen molar-refractivity contribution in [2.75, 3.05) is 5.32 Å². The topological polar surface area (TPSA) is 29.1 Å². The van der Waals surface area contributed by atoms with Crippen LogP contribution in [0.4, 0.5) is 10.1 Å². The highest BCUT2D eigenvalue weighted by Crippen LogP contribution is 2.30. The second-order valence-corrected chi connectivity index (χ2v) is 6.28. The highest BCUT2D eigenvalue weighted by molar-refractivity contribution is 9.11. The van der Waals surface area contributed by atoms with Crippen LogP contribution in [0.1, 0.15) is 15.9 Å². The van der Waals surface area contributed by atoms with Crippen molar-refractivity contribution in [2.45, 2.75) is 6.92 Å². The first kappa shape index (κ1) is 15.5. The van der Waals surface area contributed by atoms with Gasteiger partial charge < -0.3 is 5.32 Å². The highest BCUT2D eigenvalue weighted by atomic mass is 79.9. The summed E-state index contributed by atoms with van der Waals surface area (Å²) in [6.45, 7) is 1.86. The van der Waals surface area contributed by atoms with Gasteiger partial charge >= 0.3 is 0 Å². The standard InChI is InChI=1S/C14H9Br2ClFNO/c1-7-4-11(16)13(6-12(7)17)19-14(20)9-5-8(18)2-3-10(9)15/h2-6H,1H3,(H,19,20). The van der Waals surface area contributed by atoms with Crippen LogP contribution < -0.4 is 5.32 Å². The van der Waals surface area contributed by atoms with Crippen LogP contribution in [0.2, 0.25) is 5.02 Å². The summed E-state index contributed by atoms with van der Waals surface area (Å²) in [4.78, 5) is 12.2. The molecule has 0 saturated heterocycles. The molecule has 2 rings (SSSR count). The molecule has 0 aromatic heterocycles. The molecule has 0 aliphatic heterocycles. The Hall–Kier alpha value is -0.910. The van der Waals surface area contributed by atoms with E-state index in [1.54, 1.807) is 12.1 Å². The van der Waals surface area contributed by atoms with Gasteiger partial charge in [-0.2, -0.15) is 0 Å². The van der Waals surface area contributed by atoms with E-state index < -0.39 is 11.7 Å². The lowest BCUT2D eigenvalue weighted by atomic mass is 10.2. The first-order valence-corrected chi connectivity index (χ1v) is 7.57. The normalized spacial score (nSPS) is 10.4. The SMILES string of the molecule is Cc1cc(Br)c(NC(=O)c2cc(F)ccc2Br)cc1Cl. The van der Waals surface area contributed by atoms with Crippen LogP contribution in [0.5, 0.6) is 0 Å². The van der Waals surface area contributed by atoms with Gasteiger partial charge in [0.25, 0.3) is 5.91 Å². The van der Waals surface area contributed by atoms with Crippen LogP contribution in [0.15, 0.2) is 39.3 Å². The van der Waals surface area contributed by atoms with E-state index in [4.69, 9.17) is 11.6 Å². The number of halogens is 4. The third-order valence-electron chi connectivity index (χ3n) is 2.67. The molecule has 2 aromatic carbocycles. The molecule has 0 aliphatic carbocycles. The van der Waals surface area contributed by atoms with Gasteiger partial charge in [0.1, 0.15) is 5.82 Å². The zero-order valence-corrected chi connectivity index (χ0v) is 14.2. The maximum Gasteiger partial charge on any atom is 0.256 e. The van der Waals surface area contributed by atoms with Crippen LogP contribution in [0.3, 0.4) is 0 Å². The molecule has 0 atom stereocenters. The second-order valence-electron chi connectivity index (χ2n) is 4.16. The molecule has 0 radical (unpaired) electrons. The summed E-state index contributed by atoms with van der Waals surface area (Å²) in [6, 6.07) is 7.38. The van der Waals surface area contributed by atoms with Crippen molar-refractivity contribution in [1.29, 1.82) is 0 Å². The molecule has 0 fully saturated rings. The number of carbonyl (C=O) groups is 1. The van der Waals surface area contributed by atoms with Crippen molar-refractivity contribution in [3.8, 4) is 0 Å². The minimum absolute atomic E-state index is 0.216. The molecule has 104 valence electrons. The van der Waals surface area contributed by atoms with Gasteiger partial charge in [0.15, 0.2) is 0 Å². The molecule has 1 N–H and O–H groups in total. The van der Waals surface area contributed by atoms with Gasteiger partial charge in [-0.3, -0.25) is 4.79 Å². The van der Waals surface area contributed by atoms with E-state index in [0.717, 1.165) is 5.56 Å². The van der Waals surface area contributed by atoms with Crippen LogP contribution in [0, 0.1) is 12.7 Å². The Morgan fingerprint density at radius 3 is 2.60 bits per heavy atom. The summed E-state index contributed by atoms with van der Waals surface area (Å²) in [6.07, 6.45) is 0. The number of benzene rings is 2. The molecule has 0 heterocycles. The Kier molecular flexibility index (Phi) is 4.83. The number of hydrogen-bond donors (Lipinski definition) is 1. The van der Waals surface area contributed by atoms with E-state index in [9.17, 15) is 9.18 Å². The molecule has 2 nitrogen and oxygen atoms in total. The molecule has 0 unspecified atom stereocenters. The summed E-state index contributed by atoms with van der Waals surface area (Å²) in [5.74, 6) is -0.892. The van der Waals surface area contributed by atoms with Crippen molar-refractivity contribution >= 4 is 55.1 Å². The number of aryl methyl sites for hydroxylation is 1. The minimum Gasteiger partial charge on any atom is -0.321 e. The third-order valence-corrected chi connectivity index (χ3v) is 4.42. The average molecular weight is 421 g/mol. The maximum absolute atomic E-state index is 13.2. The summed E-state index contributed by atoms with van der Waals surface area (Å²) >= 11 is 12.6. The number of rotatable bonds is 2. The van der Waals surface area contributed by atoms with E-state index in [-0.39, 0.29) is 5.56 Å². The summed E-state index contributed by atoms with van der Waals surface area (Å²) in [5, 5.41) is 3.24. The number of hydrogen-bond acceptors (Lipinski definition) is 1. The van der Waals surface area contributed by atoms with Gasteiger partial charge in [-0.15, -0.1) is 0 Å². The number of anilines is 1. The van der Waals surface area contributed by atoms with Crippen molar-refractivity contribution in [2.24, 2.45) is 0 Å². The third kappa shape index (κ3) is 3.40. The van der Waals surface area contributed by atoms with Gasteiger partial charge in [0.05, 0.1) is 11.3 Å². The van der Waals surface area contributed by atoms with E-state index in [1.165, 1.54) is 18.2 Å². The van der Waals surface area contributed by atoms with Gasteiger partial charge in [-0.05, 0) is 74.7 Å². The Labute approximate surface area is 137 Å². The van der Waals surface area contributed by atoms with Crippen molar-refractivity contribution in [3.05, 3.63) is 61.2 Å². The van der Waals surface area contributed by atoms with Gasteiger partial charge in [0.2, 0.25) is 0 Å². The largest absolute Gasteiger partial charge is 0.321 e. The van der Waals surface area contributed by atoms with Crippen LogP contribution in [-0.4, -0.2) is 5.91 Å². The summed E-state index contributed by atoms with van der Waals surface area (Å²) in [7, 11) is 0. The molecule has 0 aliphatic rings. The Bertz CT molecular complexity index is 691. The van der Waals surface area contributed by atoms with Crippen LogP contribution >= 0.6 is 43.5 Å². The molecule has 20 heavy (non-hydrogen) atoms. The lowest BCUT2D eigenvalue weighted by Gasteiger charge is -2.10. The smallest absolute Gasteiger partial charge is 0.256 e. The molecular formula is C14H9Br2ClFNO. The zero-order chi connectivity index (χ0) is 14.9. The highest BCUT2D eigenvalue weighted by Gasteiger charge is 2.13. The number of carbonyl (C=O) groups excluding carboxylic acids is 1. The summed E-state index contributed by atoms with van der Waals surface area (Å²) < 4.78 is 14.4. The number of amides is 1. The predicted molar refractivity (Wildman–Crippen MR) is 85.9 cm³/mol. The first-order chi connectivity index (χ1) is 9.38. The molecule has 1 amide bonds. The average Bonchev–Trinajstić information content (AvgIpc) is 2.38. The fraction of sp³-hybridized carbons (Fsp3) is 0.0714. The van der Waals surface area contributed by atoms with E-state index in [1.807, 2.05) is 6.92 Å². The quantitative estimate of drug-likeness (QED) is 0.675. The molecular weight excluding hydrogens is 412 g/mol. The van der Waals surface area contributed by atoms with Gasteiger partial charge in [-0.25, -0.2) is 4.39 Å². The molecule has 0 bridgehead atoms. The first-order valence-electron chi connectivity index (χ1n) is 5.60. The van der Waals surface area contributed by atoms with Gasteiger partial charge in [0, 0.05) is 14.0 Å². The van der Waals surface area contributed by atoms with Crippen LogP contribution in [-0.2, 0) is 0 Å². The Morgan fingerprint density at radius 2 is 1.90 bits per heavy atom. The fourth-order valence-electron chi connectivity index (χ4n) is 1.60. The molecule has 6 heteroatoms. The van der Waals surface area contributed by atoms with E-state index in [0.29, 0.717) is 19.7 Å². The summed E-state index contributed by atoms with van der Waals surface area (Å²) in [5.41, 5.74) is 1.64. The monoisotopic (exact) mass is 419 g/mol. The van der Waals surface area contributed by atoms with E-state index >= 15 is 0 Å². The Morgan fingerprint density at radius 1 is 1.20 bits per heavy atom. The second kappa shape index (κ2) is 6.24. The Balaban J connectivity index is 2.32. The predicted octanol–water partition coefficient (Wildman–Crippen LogP) is 5.56.